The van der Waals surface area contributed by atoms with Crippen molar-refractivity contribution in [2.24, 2.45) is 0 Å². The third kappa shape index (κ3) is 2.51. The first-order chi connectivity index (χ1) is 9.75. The fourth-order valence-corrected chi connectivity index (χ4v) is 2.79. The van der Waals surface area contributed by atoms with Gasteiger partial charge in [0.25, 0.3) is 0 Å². The number of piperazine rings is 1. The third-order valence-electron chi connectivity index (χ3n) is 3.60. The van der Waals surface area contributed by atoms with Crippen LogP contribution in [0.2, 0.25) is 5.02 Å². The number of hydrogen-bond donors (Lipinski definition) is 1. The van der Waals surface area contributed by atoms with Crippen molar-refractivity contribution in [3.05, 3.63) is 47.6 Å². The zero-order valence-electron chi connectivity index (χ0n) is 11.2. The van der Waals surface area contributed by atoms with Gasteiger partial charge in [-0.1, -0.05) is 23.7 Å². The average Bonchev–Trinajstić information content (AvgIpc) is 2.49. The van der Waals surface area contributed by atoms with E-state index in [0.29, 0.717) is 5.02 Å². The predicted octanol–water partition coefficient (Wildman–Crippen LogP) is 2.64. The monoisotopic (exact) mass is 288 g/mol. The number of nitrogens with two attached hydrogens (primary N) is 1. The summed E-state index contributed by atoms with van der Waals surface area (Å²) < 4.78 is 0. The molecule has 2 aromatic rings. The molecule has 1 aromatic carbocycles. The highest BCUT2D eigenvalue weighted by molar-refractivity contribution is 6.32. The SMILES string of the molecule is Nc1ccccc1N1CCN(c2ncccc2Cl)CC1. The molecule has 104 valence electrons. The summed E-state index contributed by atoms with van der Waals surface area (Å²) in [5.41, 5.74) is 7.97. The van der Waals surface area contributed by atoms with Gasteiger partial charge < -0.3 is 15.5 Å². The summed E-state index contributed by atoms with van der Waals surface area (Å²) in [4.78, 5) is 8.90. The molecular formula is C15H17ClN4. The fraction of sp³-hybridized carbons (Fsp3) is 0.267. The normalized spacial score (nSPS) is 15.4. The Hall–Kier alpha value is -1.94. The Morgan fingerprint density at radius 2 is 1.65 bits per heavy atom. The maximum Gasteiger partial charge on any atom is 0.147 e. The Balaban J connectivity index is 1.72. The van der Waals surface area contributed by atoms with Crippen LogP contribution in [-0.4, -0.2) is 31.2 Å². The van der Waals surface area contributed by atoms with Gasteiger partial charge in [0.2, 0.25) is 0 Å². The lowest BCUT2D eigenvalue weighted by molar-refractivity contribution is 0.648. The van der Waals surface area contributed by atoms with E-state index in [2.05, 4.69) is 20.9 Å². The maximum atomic E-state index is 6.20. The van der Waals surface area contributed by atoms with E-state index < -0.39 is 0 Å². The standard InChI is InChI=1S/C15H17ClN4/c16-12-4-3-7-18-15(12)20-10-8-19(9-11-20)14-6-2-1-5-13(14)17/h1-7H,8-11,17H2. The first-order valence-corrected chi connectivity index (χ1v) is 7.08. The number of rotatable bonds is 2. The van der Waals surface area contributed by atoms with Crippen LogP contribution in [0.25, 0.3) is 0 Å². The van der Waals surface area contributed by atoms with Gasteiger partial charge in [0.05, 0.1) is 16.4 Å². The molecule has 1 aromatic heterocycles. The molecular weight excluding hydrogens is 272 g/mol. The van der Waals surface area contributed by atoms with E-state index in [0.717, 1.165) is 43.4 Å². The zero-order valence-corrected chi connectivity index (χ0v) is 11.9. The van der Waals surface area contributed by atoms with Crippen LogP contribution >= 0.6 is 11.6 Å². The van der Waals surface area contributed by atoms with Crippen LogP contribution in [-0.2, 0) is 0 Å². The summed E-state index contributed by atoms with van der Waals surface area (Å²) in [6, 6.07) is 11.7. The Labute approximate surface area is 123 Å². The molecule has 1 aliphatic rings. The van der Waals surface area contributed by atoms with Crippen molar-refractivity contribution in [1.82, 2.24) is 4.98 Å². The Morgan fingerprint density at radius 1 is 0.950 bits per heavy atom. The number of nitrogen functional groups attached to an aromatic ring is 1. The van der Waals surface area contributed by atoms with Crippen molar-refractivity contribution < 1.29 is 0 Å². The molecule has 0 bridgehead atoms. The van der Waals surface area contributed by atoms with E-state index in [9.17, 15) is 0 Å². The number of halogens is 1. The van der Waals surface area contributed by atoms with E-state index >= 15 is 0 Å². The van der Waals surface area contributed by atoms with E-state index in [1.54, 1.807) is 6.20 Å². The van der Waals surface area contributed by atoms with Crippen molar-refractivity contribution in [2.45, 2.75) is 0 Å². The number of pyridine rings is 1. The minimum atomic E-state index is 0.708. The molecule has 1 fully saturated rings. The highest BCUT2D eigenvalue weighted by atomic mass is 35.5. The molecule has 5 heteroatoms. The van der Waals surface area contributed by atoms with Gasteiger partial charge in [-0.25, -0.2) is 4.98 Å². The predicted molar refractivity (Wildman–Crippen MR) is 84.5 cm³/mol. The van der Waals surface area contributed by atoms with Crippen LogP contribution in [0.15, 0.2) is 42.6 Å². The average molecular weight is 289 g/mol. The molecule has 1 aliphatic heterocycles. The molecule has 0 spiro atoms. The Morgan fingerprint density at radius 3 is 2.35 bits per heavy atom. The number of nitrogens with zero attached hydrogens (tertiary/aromatic N) is 3. The zero-order chi connectivity index (χ0) is 13.9. The van der Waals surface area contributed by atoms with Crippen LogP contribution in [0.4, 0.5) is 17.2 Å². The molecule has 0 amide bonds. The van der Waals surface area contributed by atoms with E-state index in [1.165, 1.54) is 0 Å². The maximum absolute atomic E-state index is 6.20. The largest absolute Gasteiger partial charge is 0.397 e. The lowest BCUT2D eigenvalue weighted by Crippen LogP contribution is -2.47. The smallest absolute Gasteiger partial charge is 0.147 e. The van der Waals surface area contributed by atoms with Crippen LogP contribution < -0.4 is 15.5 Å². The Kier molecular flexibility index (Phi) is 3.65. The minimum Gasteiger partial charge on any atom is -0.397 e. The van der Waals surface area contributed by atoms with E-state index in [4.69, 9.17) is 17.3 Å². The highest BCUT2D eigenvalue weighted by Crippen LogP contribution is 2.27. The second kappa shape index (κ2) is 5.59. The topological polar surface area (TPSA) is 45.4 Å². The quantitative estimate of drug-likeness (QED) is 0.863. The van der Waals surface area contributed by atoms with Crippen molar-refractivity contribution in [2.75, 3.05) is 41.7 Å². The minimum absolute atomic E-state index is 0.708. The third-order valence-corrected chi connectivity index (χ3v) is 3.89. The summed E-state index contributed by atoms with van der Waals surface area (Å²) in [6.07, 6.45) is 1.78. The highest BCUT2D eigenvalue weighted by Gasteiger charge is 2.20. The van der Waals surface area contributed by atoms with Gasteiger partial charge in [0.15, 0.2) is 0 Å². The first kappa shape index (κ1) is 13.1. The Bertz CT molecular complexity index is 540. The van der Waals surface area contributed by atoms with Gasteiger partial charge >= 0.3 is 0 Å². The van der Waals surface area contributed by atoms with Gasteiger partial charge in [0, 0.05) is 32.4 Å². The van der Waals surface area contributed by atoms with Crippen molar-refractivity contribution in [1.29, 1.82) is 0 Å². The van der Waals surface area contributed by atoms with Crippen molar-refractivity contribution in [3.63, 3.8) is 0 Å². The molecule has 2 heterocycles. The van der Waals surface area contributed by atoms with Crippen LogP contribution in [0.5, 0.6) is 0 Å². The number of para-hydroxylation sites is 2. The molecule has 20 heavy (non-hydrogen) atoms. The molecule has 2 N–H and O–H groups in total. The van der Waals surface area contributed by atoms with Gasteiger partial charge in [-0.3, -0.25) is 0 Å². The molecule has 1 saturated heterocycles. The van der Waals surface area contributed by atoms with Crippen LogP contribution in [0, 0.1) is 0 Å². The van der Waals surface area contributed by atoms with Gasteiger partial charge in [0.1, 0.15) is 5.82 Å². The fourth-order valence-electron chi connectivity index (χ4n) is 2.54. The summed E-state index contributed by atoms with van der Waals surface area (Å²) in [7, 11) is 0. The van der Waals surface area contributed by atoms with Crippen molar-refractivity contribution >= 4 is 28.8 Å². The molecule has 0 saturated carbocycles. The van der Waals surface area contributed by atoms with Crippen molar-refractivity contribution in [3.8, 4) is 0 Å². The lowest BCUT2D eigenvalue weighted by atomic mass is 10.2. The molecule has 0 radical (unpaired) electrons. The van der Waals surface area contributed by atoms with E-state index in [1.807, 2.05) is 30.3 Å². The summed E-state index contributed by atoms with van der Waals surface area (Å²) in [5, 5.41) is 0.708. The second-order valence-electron chi connectivity index (χ2n) is 4.84. The summed E-state index contributed by atoms with van der Waals surface area (Å²) >= 11 is 6.20. The molecule has 0 atom stereocenters. The molecule has 0 aliphatic carbocycles. The van der Waals surface area contributed by atoms with Crippen LogP contribution in [0.1, 0.15) is 0 Å². The number of hydrogen-bond acceptors (Lipinski definition) is 4. The summed E-state index contributed by atoms with van der Waals surface area (Å²) in [6.45, 7) is 3.62. The number of benzene rings is 1. The summed E-state index contributed by atoms with van der Waals surface area (Å²) in [5.74, 6) is 0.870. The van der Waals surface area contributed by atoms with Crippen LogP contribution in [0.3, 0.4) is 0 Å². The van der Waals surface area contributed by atoms with Gasteiger partial charge in [-0.2, -0.15) is 0 Å². The van der Waals surface area contributed by atoms with E-state index in [-0.39, 0.29) is 0 Å². The molecule has 0 unspecified atom stereocenters. The number of aromatic nitrogens is 1. The van der Waals surface area contributed by atoms with Gasteiger partial charge in [-0.15, -0.1) is 0 Å². The first-order valence-electron chi connectivity index (χ1n) is 6.70. The van der Waals surface area contributed by atoms with Gasteiger partial charge in [-0.05, 0) is 24.3 Å². The second-order valence-corrected chi connectivity index (χ2v) is 5.25. The molecule has 4 nitrogen and oxygen atoms in total. The lowest BCUT2D eigenvalue weighted by Gasteiger charge is -2.37. The number of anilines is 3. The molecule has 3 rings (SSSR count).